The third kappa shape index (κ3) is 4.15. The summed E-state index contributed by atoms with van der Waals surface area (Å²) < 4.78 is 87.3. The average molecular weight is 462 g/mol. The molecule has 0 aliphatic heterocycles. The second kappa shape index (κ2) is 8.37. The lowest BCUT2D eigenvalue weighted by molar-refractivity contribution is -0.422. The van der Waals surface area contributed by atoms with E-state index in [1.54, 1.807) is 45.0 Å². The molecule has 2 aromatic rings. The van der Waals surface area contributed by atoms with Crippen LogP contribution < -0.4 is 0 Å². The van der Waals surface area contributed by atoms with Crippen LogP contribution in [0.15, 0.2) is 43.0 Å². The topological polar surface area (TPSA) is 29.5 Å². The van der Waals surface area contributed by atoms with Gasteiger partial charge in [0.2, 0.25) is 0 Å². The highest BCUT2D eigenvalue weighted by atomic mass is 19.4. The van der Waals surface area contributed by atoms with Crippen molar-refractivity contribution < 1.29 is 36.2 Å². The van der Waals surface area contributed by atoms with Crippen LogP contribution in [0.25, 0.3) is 16.3 Å². The molecule has 0 aromatic heterocycles. The Morgan fingerprint density at radius 1 is 0.938 bits per heavy atom. The number of hydrogen-bond donors (Lipinski definition) is 1. The number of allylic oxidation sites excluding steroid dienone is 1. The molecule has 2 aromatic carbocycles. The fourth-order valence-electron chi connectivity index (χ4n) is 4.19. The number of fused-ring (bicyclic) bond motifs is 1. The molecule has 0 unspecified atom stereocenters. The molecule has 1 N–H and O–H groups in total. The summed E-state index contributed by atoms with van der Waals surface area (Å²) in [6.07, 6.45) is -11.9. The summed E-state index contributed by atoms with van der Waals surface area (Å²) in [7, 11) is 0. The Morgan fingerprint density at radius 3 is 1.88 bits per heavy atom. The first-order chi connectivity index (χ1) is 14.5. The fourth-order valence-corrected chi connectivity index (χ4v) is 4.19. The minimum atomic E-state index is -6.01. The van der Waals surface area contributed by atoms with Gasteiger partial charge in [-0.05, 0) is 67.6 Å². The molecular weight excluding hydrogens is 434 g/mol. The SMILES string of the molecule is C=C(C)c1cc(C(CC)(CC)OC(C)(C)C(O)(C(F)(F)F)C(F)(F)F)cc2ccccc12. The fraction of sp³-hybridized carbons (Fsp3) is 0.500. The molecule has 2 rings (SSSR count). The molecule has 0 bridgehead atoms. The molecule has 0 atom stereocenters. The molecule has 178 valence electrons. The lowest BCUT2D eigenvalue weighted by Gasteiger charge is -2.49. The van der Waals surface area contributed by atoms with Crippen molar-refractivity contribution in [2.75, 3.05) is 0 Å². The van der Waals surface area contributed by atoms with Crippen molar-refractivity contribution in [3.8, 4) is 0 Å². The lowest BCUT2D eigenvalue weighted by atomic mass is 9.80. The highest BCUT2D eigenvalue weighted by molar-refractivity contribution is 5.93. The highest BCUT2D eigenvalue weighted by Crippen LogP contribution is 2.53. The van der Waals surface area contributed by atoms with Gasteiger partial charge in [0.1, 0.15) is 5.60 Å². The first-order valence-electron chi connectivity index (χ1n) is 10.2. The molecule has 0 amide bonds. The van der Waals surface area contributed by atoms with Crippen LogP contribution in [0.5, 0.6) is 0 Å². The van der Waals surface area contributed by atoms with Gasteiger partial charge in [-0.3, -0.25) is 0 Å². The summed E-state index contributed by atoms with van der Waals surface area (Å²) in [5.41, 5.74) is -7.83. The van der Waals surface area contributed by atoms with Gasteiger partial charge in [-0.1, -0.05) is 50.3 Å². The summed E-state index contributed by atoms with van der Waals surface area (Å²) >= 11 is 0. The van der Waals surface area contributed by atoms with E-state index in [1.165, 1.54) is 0 Å². The van der Waals surface area contributed by atoms with Gasteiger partial charge in [-0.2, -0.15) is 26.3 Å². The van der Waals surface area contributed by atoms with E-state index in [2.05, 4.69) is 6.58 Å². The second-order valence-electron chi connectivity index (χ2n) is 8.54. The van der Waals surface area contributed by atoms with E-state index < -0.39 is 29.2 Å². The van der Waals surface area contributed by atoms with E-state index in [9.17, 15) is 31.4 Å². The van der Waals surface area contributed by atoms with Gasteiger partial charge >= 0.3 is 12.4 Å². The number of hydrogen-bond acceptors (Lipinski definition) is 2. The van der Waals surface area contributed by atoms with Gasteiger partial charge in [-0.25, -0.2) is 0 Å². The third-order valence-corrected chi connectivity index (χ3v) is 6.13. The van der Waals surface area contributed by atoms with E-state index in [4.69, 9.17) is 4.74 Å². The Kier molecular flexibility index (Phi) is 6.85. The van der Waals surface area contributed by atoms with Crippen LogP contribution in [0, 0.1) is 0 Å². The number of benzene rings is 2. The zero-order valence-corrected chi connectivity index (χ0v) is 18.7. The summed E-state index contributed by atoms with van der Waals surface area (Å²) in [6, 6.07) is 10.7. The zero-order valence-electron chi connectivity index (χ0n) is 18.7. The number of ether oxygens (including phenoxy) is 1. The number of halogens is 6. The summed E-state index contributed by atoms with van der Waals surface area (Å²) in [4.78, 5) is 0. The summed E-state index contributed by atoms with van der Waals surface area (Å²) in [6.45, 7) is 10.2. The van der Waals surface area contributed by atoms with Gasteiger partial charge in [-0.15, -0.1) is 0 Å². The minimum Gasteiger partial charge on any atom is -0.371 e. The Bertz CT molecular complexity index is 970. The van der Waals surface area contributed by atoms with Crippen LogP contribution in [0.4, 0.5) is 26.3 Å². The maximum Gasteiger partial charge on any atom is 0.429 e. The molecule has 2 nitrogen and oxygen atoms in total. The maximum absolute atomic E-state index is 13.6. The normalized spacial score (nSPS) is 14.1. The van der Waals surface area contributed by atoms with E-state index in [0.717, 1.165) is 10.8 Å². The molecule has 8 heteroatoms. The van der Waals surface area contributed by atoms with Crippen molar-refractivity contribution in [3.63, 3.8) is 0 Å². The molecule has 32 heavy (non-hydrogen) atoms. The van der Waals surface area contributed by atoms with Crippen molar-refractivity contribution in [1.82, 2.24) is 0 Å². The van der Waals surface area contributed by atoms with Gasteiger partial charge in [0, 0.05) is 0 Å². The Hall–Kier alpha value is -2.06. The largest absolute Gasteiger partial charge is 0.429 e. The number of aliphatic hydroxyl groups is 1. The van der Waals surface area contributed by atoms with Crippen LogP contribution in [0.3, 0.4) is 0 Å². The Balaban J connectivity index is 2.76. The van der Waals surface area contributed by atoms with Crippen LogP contribution in [0.2, 0.25) is 0 Å². The average Bonchev–Trinajstić information content (AvgIpc) is 2.68. The van der Waals surface area contributed by atoms with Crippen molar-refractivity contribution in [2.24, 2.45) is 0 Å². The Morgan fingerprint density at radius 2 is 1.44 bits per heavy atom. The predicted octanol–water partition coefficient (Wildman–Crippen LogP) is 7.54. The van der Waals surface area contributed by atoms with Crippen LogP contribution in [-0.2, 0) is 10.3 Å². The first kappa shape index (κ1) is 26.2. The monoisotopic (exact) mass is 462 g/mol. The number of alkyl halides is 6. The summed E-state index contributed by atoms with van der Waals surface area (Å²) in [5, 5.41) is 11.6. The van der Waals surface area contributed by atoms with Gasteiger partial charge in [0.05, 0.1) is 5.60 Å². The molecule has 0 spiro atoms. The van der Waals surface area contributed by atoms with E-state index in [1.807, 2.05) is 12.1 Å². The van der Waals surface area contributed by atoms with Gasteiger partial charge < -0.3 is 9.84 Å². The lowest BCUT2D eigenvalue weighted by Crippen LogP contribution is -2.70. The molecule has 0 saturated carbocycles. The van der Waals surface area contributed by atoms with Crippen molar-refractivity contribution >= 4 is 16.3 Å². The summed E-state index contributed by atoms with van der Waals surface area (Å²) in [5.74, 6) is 0. The maximum atomic E-state index is 13.6. The van der Waals surface area contributed by atoms with E-state index in [0.29, 0.717) is 30.5 Å². The zero-order chi connectivity index (χ0) is 24.8. The van der Waals surface area contributed by atoms with E-state index >= 15 is 0 Å². The predicted molar refractivity (Wildman–Crippen MR) is 113 cm³/mol. The standard InChI is InChI=1S/C24H28F6O2/c1-7-21(8-2,32-20(5,6)22(31,23(25,26)27)24(28,29)30)17-13-16-11-9-10-12-18(16)19(14-17)15(3)4/h9-14,31H,3,7-8H2,1-2,4-6H3. The smallest absolute Gasteiger partial charge is 0.371 e. The molecular formula is C24H28F6O2. The molecule has 0 aliphatic rings. The van der Waals surface area contributed by atoms with Crippen molar-refractivity contribution in [2.45, 2.75) is 76.6 Å². The first-order valence-corrected chi connectivity index (χ1v) is 10.2. The van der Waals surface area contributed by atoms with Gasteiger partial charge in [0.15, 0.2) is 0 Å². The Labute approximate surface area is 183 Å². The van der Waals surface area contributed by atoms with Crippen LogP contribution >= 0.6 is 0 Å². The second-order valence-corrected chi connectivity index (χ2v) is 8.54. The quantitative estimate of drug-likeness (QED) is 0.431. The van der Waals surface area contributed by atoms with Crippen LogP contribution in [0.1, 0.15) is 58.6 Å². The van der Waals surface area contributed by atoms with Crippen LogP contribution in [-0.4, -0.2) is 28.7 Å². The molecule has 0 radical (unpaired) electrons. The van der Waals surface area contributed by atoms with Crippen molar-refractivity contribution in [3.05, 3.63) is 54.1 Å². The molecule has 0 saturated heterocycles. The minimum absolute atomic E-state index is 0.0761. The van der Waals surface area contributed by atoms with Gasteiger partial charge in [0.25, 0.3) is 5.60 Å². The molecule has 0 heterocycles. The number of rotatable bonds is 7. The van der Waals surface area contributed by atoms with E-state index in [-0.39, 0.29) is 12.8 Å². The molecule has 0 aliphatic carbocycles. The third-order valence-electron chi connectivity index (χ3n) is 6.13. The highest BCUT2D eigenvalue weighted by Gasteiger charge is 2.78. The van der Waals surface area contributed by atoms with Crippen molar-refractivity contribution in [1.29, 1.82) is 0 Å². The molecule has 0 fully saturated rings.